The summed E-state index contributed by atoms with van der Waals surface area (Å²) in [7, 11) is 0. The highest BCUT2D eigenvalue weighted by molar-refractivity contribution is 6.01. The Morgan fingerprint density at radius 1 is 0.939 bits per heavy atom. The number of unbranched alkanes of at least 4 members (excludes halogenated alkanes) is 3. The molecular weight excluding hydrogens is 410 g/mol. The molecule has 6 nitrogen and oxygen atoms in total. The van der Waals surface area contributed by atoms with Gasteiger partial charge < -0.3 is 25.4 Å². The molecule has 0 radical (unpaired) electrons. The van der Waals surface area contributed by atoms with E-state index in [0.717, 1.165) is 65.3 Å². The summed E-state index contributed by atoms with van der Waals surface area (Å²) in [5.41, 5.74) is 14.4. The van der Waals surface area contributed by atoms with Gasteiger partial charge in [0.1, 0.15) is 5.75 Å². The summed E-state index contributed by atoms with van der Waals surface area (Å²) in [6.45, 7) is 7.65. The van der Waals surface area contributed by atoms with E-state index in [2.05, 4.69) is 52.1 Å². The Morgan fingerprint density at radius 2 is 1.70 bits per heavy atom. The lowest BCUT2D eigenvalue weighted by Crippen LogP contribution is -2.20. The predicted octanol–water partition coefficient (Wildman–Crippen LogP) is 5.62. The number of hydrogen-bond acceptors (Lipinski definition) is 5. The maximum atomic E-state index is 6.69. The second-order valence-electron chi connectivity index (χ2n) is 9.13. The second kappa shape index (κ2) is 11.4. The smallest absolute Gasteiger partial charge is 0.121 e. The first-order valence-corrected chi connectivity index (χ1v) is 12.5. The molecule has 0 spiro atoms. The summed E-state index contributed by atoms with van der Waals surface area (Å²) in [5, 5.41) is 1.09. The minimum Gasteiger partial charge on any atom is -0.494 e. The molecule has 6 heteroatoms. The van der Waals surface area contributed by atoms with Crippen LogP contribution in [0.25, 0.3) is 22.2 Å². The fourth-order valence-corrected chi connectivity index (χ4v) is 4.87. The van der Waals surface area contributed by atoms with Crippen LogP contribution in [0, 0.1) is 0 Å². The lowest BCUT2D eigenvalue weighted by Gasteiger charge is -2.14. The van der Waals surface area contributed by atoms with Crippen LogP contribution in [0.3, 0.4) is 0 Å². The molecule has 1 saturated heterocycles. The largest absolute Gasteiger partial charge is 0.494 e. The average molecular weight is 450 g/mol. The van der Waals surface area contributed by atoms with Gasteiger partial charge in [-0.15, -0.1) is 0 Å². The minimum absolute atomic E-state index is 0.756. The summed E-state index contributed by atoms with van der Waals surface area (Å²) in [4.78, 5) is 2.57. The predicted molar refractivity (Wildman–Crippen MR) is 140 cm³/mol. The lowest BCUT2D eigenvalue weighted by atomic mass is 10.1. The van der Waals surface area contributed by atoms with Gasteiger partial charge in [-0.05, 0) is 76.0 Å². The van der Waals surface area contributed by atoms with Crippen molar-refractivity contribution in [1.82, 2.24) is 9.47 Å². The first-order chi connectivity index (χ1) is 16.2. The lowest BCUT2D eigenvalue weighted by molar-refractivity contribution is 0.280. The Balaban J connectivity index is 1.52. The zero-order valence-electron chi connectivity index (χ0n) is 20.0. The molecule has 0 bridgehead atoms. The van der Waals surface area contributed by atoms with Gasteiger partial charge in [0.15, 0.2) is 0 Å². The minimum atomic E-state index is 0.756. The number of ether oxygens (including phenoxy) is 1. The summed E-state index contributed by atoms with van der Waals surface area (Å²) in [5.74, 6) is 6.47. The van der Waals surface area contributed by atoms with Gasteiger partial charge in [-0.3, -0.25) is 5.84 Å². The molecular formula is C27H39N5O. The molecule has 0 atom stereocenters. The number of benzene rings is 2. The molecule has 0 saturated carbocycles. The monoisotopic (exact) mass is 449 g/mol. The number of hydrazine groups is 1. The number of rotatable bonds is 12. The van der Waals surface area contributed by atoms with Crippen LogP contribution in [-0.4, -0.2) is 35.7 Å². The molecule has 3 aromatic rings. The van der Waals surface area contributed by atoms with Crippen LogP contribution in [0.4, 0.5) is 11.4 Å². The number of nitrogen functional groups attached to an aromatic ring is 2. The van der Waals surface area contributed by atoms with Crippen LogP contribution >= 0.6 is 0 Å². The Bertz CT molecular complexity index is 1020. The van der Waals surface area contributed by atoms with Crippen LogP contribution in [-0.2, 0) is 6.54 Å². The average Bonchev–Trinajstić information content (AvgIpc) is 3.45. The van der Waals surface area contributed by atoms with Gasteiger partial charge in [0, 0.05) is 29.2 Å². The second-order valence-corrected chi connectivity index (χ2v) is 9.13. The maximum absolute atomic E-state index is 6.69. The third-order valence-electron chi connectivity index (χ3n) is 6.72. The number of hydrogen-bond donors (Lipinski definition) is 3. The number of nitrogens with zero attached hydrogens (tertiary/aromatic N) is 2. The van der Waals surface area contributed by atoms with Gasteiger partial charge in [0.25, 0.3) is 0 Å². The highest BCUT2D eigenvalue weighted by Crippen LogP contribution is 2.38. The van der Waals surface area contributed by atoms with E-state index >= 15 is 0 Å². The third-order valence-corrected chi connectivity index (χ3v) is 6.72. The molecule has 1 fully saturated rings. The van der Waals surface area contributed by atoms with Crippen molar-refractivity contribution in [3.8, 4) is 17.0 Å². The highest BCUT2D eigenvalue weighted by atomic mass is 16.5. The topological polar surface area (TPSA) is 81.5 Å². The maximum Gasteiger partial charge on any atom is 0.121 e. The standard InChI is InChI=1S/C27H39N5O/c1-2-3-4-18-32-25-20-23(33-19-8-7-17-31-15-5-6-16-31)13-14-24(25)26(28)27(32)21-9-11-22(30-29)12-10-21/h9-14,20,30H,2-8,15-19,28-29H2,1H3. The molecule has 2 heterocycles. The van der Waals surface area contributed by atoms with Crippen molar-refractivity contribution in [1.29, 1.82) is 0 Å². The van der Waals surface area contributed by atoms with Crippen molar-refractivity contribution in [2.24, 2.45) is 5.84 Å². The summed E-state index contributed by atoms with van der Waals surface area (Å²) in [6, 6.07) is 14.5. The van der Waals surface area contributed by atoms with Crippen LogP contribution in [0.5, 0.6) is 5.75 Å². The highest BCUT2D eigenvalue weighted by Gasteiger charge is 2.17. The quantitative estimate of drug-likeness (QED) is 0.190. The number of anilines is 2. The zero-order chi connectivity index (χ0) is 23.0. The molecule has 1 aromatic heterocycles. The van der Waals surface area contributed by atoms with E-state index < -0.39 is 0 Å². The van der Waals surface area contributed by atoms with E-state index in [-0.39, 0.29) is 0 Å². The fraction of sp³-hybridized carbons (Fsp3) is 0.481. The van der Waals surface area contributed by atoms with Crippen molar-refractivity contribution in [2.45, 2.75) is 58.4 Å². The van der Waals surface area contributed by atoms with Crippen molar-refractivity contribution in [3.05, 3.63) is 42.5 Å². The molecule has 33 heavy (non-hydrogen) atoms. The van der Waals surface area contributed by atoms with Crippen LogP contribution in [0.2, 0.25) is 0 Å². The van der Waals surface area contributed by atoms with Crippen LogP contribution in [0.15, 0.2) is 42.5 Å². The van der Waals surface area contributed by atoms with E-state index in [0.29, 0.717) is 0 Å². The Labute approximate surface area is 197 Å². The fourth-order valence-electron chi connectivity index (χ4n) is 4.87. The molecule has 0 unspecified atom stereocenters. The van der Waals surface area contributed by atoms with E-state index in [1.54, 1.807) is 0 Å². The summed E-state index contributed by atoms with van der Waals surface area (Å²) >= 11 is 0. The normalized spacial score (nSPS) is 14.2. The SMILES string of the molecule is CCCCCn1c(-c2ccc(NN)cc2)c(N)c2ccc(OCCCCN3CCCC3)cc21. The first-order valence-electron chi connectivity index (χ1n) is 12.5. The Kier molecular flexibility index (Phi) is 8.13. The first kappa shape index (κ1) is 23.5. The van der Waals surface area contributed by atoms with Crippen molar-refractivity contribution in [3.63, 3.8) is 0 Å². The zero-order valence-corrected chi connectivity index (χ0v) is 20.0. The third kappa shape index (κ3) is 5.63. The van der Waals surface area contributed by atoms with E-state index in [1.807, 2.05) is 12.1 Å². The van der Waals surface area contributed by atoms with Gasteiger partial charge in [0.05, 0.1) is 23.5 Å². The number of nitrogens with two attached hydrogens (primary N) is 2. The Morgan fingerprint density at radius 3 is 2.42 bits per heavy atom. The molecule has 2 aromatic carbocycles. The van der Waals surface area contributed by atoms with Crippen molar-refractivity contribution in [2.75, 3.05) is 37.4 Å². The number of likely N-dealkylation sites (tertiary alicyclic amines) is 1. The van der Waals surface area contributed by atoms with Gasteiger partial charge in [0.2, 0.25) is 0 Å². The number of nitrogens with one attached hydrogen (secondary N) is 1. The molecule has 0 amide bonds. The van der Waals surface area contributed by atoms with Crippen LogP contribution in [0.1, 0.15) is 51.9 Å². The van der Waals surface area contributed by atoms with Gasteiger partial charge in [-0.25, -0.2) is 0 Å². The van der Waals surface area contributed by atoms with Gasteiger partial charge in [-0.2, -0.15) is 0 Å². The van der Waals surface area contributed by atoms with Crippen molar-refractivity contribution >= 4 is 22.3 Å². The van der Waals surface area contributed by atoms with Crippen LogP contribution < -0.4 is 21.7 Å². The van der Waals surface area contributed by atoms with E-state index in [9.17, 15) is 0 Å². The van der Waals surface area contributed by atoms with E-state index in [4.69, 9.17) is 16.3 Å². The van der Waals surface area contributed by atoms with Crippen molar-refractivity contribution < 1.29 is 4.74 Å². The number of aromatic nitrogens is 1. The van der Waals surface area contributed by atoms with Gasteiger partial charge in [-0.1, -0.05) is 31.9 Å². The number of fused-ring (bicyclic) bond motifs is 1. The molecule has 0 aliphatic carbocycles. The molecule has 1 aliphatic rings. The Hall–Kier alpha value is -2.70. The van der Waals surface area contributed by atoms with E-state index in [1.165, 1.54) is 51.7 Å². The molecule has 1 aliphatic heterocycles. The molecule has 178 valence electrons. The summed E-state index contributed by atoms with van der Waals surface area (Å²) in [6.07, 6.45) is 8.49. The molecule has 4 rings (SSSR count). The molecule has 5 N–H and O–H groups in total. The summed E-state index contributed by atoms with van der Waals surface area (Å²) < 4.78 is 8.52. The van der Waals surface area contributed by atoms with Gasteiger partial charge >= 0.3 is 0 Å². The number of aryl methyl sites for hydroxylation is 1.